The summed E-state index contributed by atoms with van der Waals surface area (Å²) in [6.07, 6.45) is 3.09. The van der Waals surface area contributed by atoms with E-state index in [-0.39, 0.29) is 11.9 Å². The maximum Gasteiger partial charge on any atom is 0.319 e. The van der Waals surface area contributed by atoms with E-state index in [1.54, 1.807) is 16.5 Å². The van der Waals surface area contributed by atoms with Gasteiger partial charge in [-0.3, -0.25) is 9.36 Å². The Morgan fingerprint density at radius 1 is 0.917 bits per heavy atom. The maximum atomic E-state index is 13.3. The third-order valence-corrected chi connectivity index (χ3v) is 10.7. The van der Waals surface area contributed by atoms with Crippen LogP contribution in [0, 0.1) is 0 Å². The molecule has 1 aromatic rings. The van der Waals surface area contributed by atoms with E-state index < -0.39 is 14.3 Å². The molecule has 1 saturated heterocycles. The van der Waals surface area contributed by atoms with Crippen molar-refractivity contribution in [1.29, 1.82) is 0 Å². The minimum Gasteiger partial charge on any atom is -0.312 e. The number of nitrogens with zero attached hydrogens (tertiary/aromatic N) is 2. The smallest absolute Gasteiger partial charge is 0.312 e. The number of hydrogen-bond acceptors (Lipinski definition) is 2. The molecule has 132 valence electrons. The first-order valence-corrected chi connectivity index (χ1v) is 11.7. The highest BCUT2D eigenvalue weighted by Gasteiger charge is 2.53. The van der Waals surface area contributed by atoms with Gasteiger partial charge in [0, 0.05) is 7.05 Å². The second-order valence-corrected chi connectivity index (χ2v) is 11.3. The highest BCUT2D eigenvalue weighted by molar-refractivity contribution is 6.81. The molecule has 5 heteroatoms. The third kappa shape index (κ3) is 3.27. The lowest BCUT2D eigenvalue weighted by Crippen LogP contribution is -2.56. The molecule has 1 aliphatic heterocycles. The zero-order valence-corrected chi connectivity index (χ0v) is 16.4. The quantitative estimate of drug-likeness (QED) is 0.501. The molecule has 2 rings (SSSR count). The molecule has 1 aliphatic rings. The number of rotatable bonds is 8. The van der Waals surface area contributed by atoms with Crippen LogP contribution in [-0.4, -0.2) is 36.7 Å². The Kier molecular flexibility index (Phi) is 6.21. The van der Waals surface area contributed by atoms with Gasteiger partial charge in [0.15, 0.2) is 8.24 Å². The summed E-state index contributed by atoms with van der Waals surface area (Å²) < 4.78 is 1.74. The molecule has 0 radical (unpaired) electrons. The molecular formula is C19H30N2O2Si. The molecule has 0 saturated carbocycles. The molecule has 1 atom stereocenters. The lowest BCUT2D eigenvalue weighted by molar-refractivity contribution is -0.125. The van der Waals surface area contributed by atoms with Crippen molar-refractivity contribution in [2.24, 2.45) is 0 Å². The fraction of sp³-hybridized carbons (Fsp3) is 0.579. The van der Waals surface area contributed by atoms with Gasteiger partial charge >= 0.3 is 6.03 Å². The summed E-state index contributed by atoms with van der Waals surface area (Å²) >= 11 is 0. The molecule has 0 N–H and O–H groups in total. The Hall–Kier alpha value is -1.62. The van der Waals surface area contributed by atoms with E-state index in [0.717, 1.165) is 43.0 Å². The van der Waals surface area contributed by atoms with Gasteiger partial charge in [-0.15, -0.1) is 0 Å². The van der Waals surface area contributed by atoms with Crippen LogP contribution in [0.15, 0.2) is 30.3 Å². The molecule has 0 aromatic heterocycles. The first kappa shape index (κ1) is 18.7. The van der Waals surface area contributed by atoms with Crippen LogP contribution in [-0.2, 0) is 4.79 Å². The van der Waals surface area contributed by atoms with Crippen LogP contribution in [0.3, 0.4) is 0 Å². The number of carbonyl (C=O) groups excluding carboxylic acids is 2. The molecular weight excluding hydrogens is 316 g/mol. The normalized spacial score (nSPS) is 18.6. The lowest BCUT2D eigenvalue weighted by atomic mass is 10.1. The van der Waals surface area contributed by atoms with Crippen molar-refractivity contribution in [2.45, 2.75) is 64.2 Å². The molecule has 24 heavy (non-hydrogen) atoms. The van der Waals surface area contributed by atoms with Crippen LogP contribution in [0.1, 0.15) is 51.6 Å². The summed E-state index contributed by atoms with van der Waals surface area (Å²) in [6.45, 7) is 6.49. The van der Waals surface area contributed by atoms with Crippen molar-refractivity contribution >= 4 is 20.2 Å². The van der Waals surface area contributed by atoms with Crippen LogP contribution in [0.25, 0.3) is 0 Å². The van der Waals surface area contributed by atoms with E-state index >= 15 is 0 Å². The summed E-state index contributed by atoms with van der Waals surface area (Å²) in [4.78, 5) is 28.0. The highest BCUT2D eigenvalue weighted by Crippen LogP contribution is 2.38. The first-order valence-electron chi connectivity index (χ1n) is 9.18. The van der Waals surface area contributed by atoms with Crippen molar-refractivity contribution in [3.8, 4) is 0 Å². The van der Waals surface area contributed by atoms with Gasteiger partial charge in [0.1, 0.15) is 6.04 Å². The third-order valence-electron chi connectivity index (χ3n) is 5.07. The zero-order chi connectivity index (χ0) is 17.7. The average Bonchev–Trinajstić information content (AvgIpc) is 2.79. The monoisotopic (exact) mass is 346 g/mol. The number of likely N-dealkylation sites (N-methyl/N-ethyl adjacent to an activating group) is 1. The van der Waals surface area contributed by atoms with Gasteiger partial charge < -0.3 is 4.90 Å². The lowest BCUT2D eigenvalue weighted by Gasteiger charge is -2.38. The van der Waals surface area contributed by atoms with E-state index in [1.807, 2.05) is 30.3 Å². The van der Waals surface area contributed by atoms with Crippen LogP contribution < -0.4 is 0 Å². The zero-order valence-electron chi connectivity index (χ0n) is 15.4. The van der Waals surface area contributed by atoms with Gasteiger partial charge in [0.05, 0.1) is 0 Å². The summed E-state index contributed by atoms with van der Waals surface area (Å²) in [6, 6.07) is 12.2. The average molecular weight is 347 g/mol. The number of amides is 3. The molecule has 4 nitrogen and oxygen atoms in total. The number of imide groups is 1. The number of benzene rings is 1. The SMILES string of the molecule is CCC[Si](CCC)(CCC)N1C(=O)C(c2ccccc2)N(C)C1=O. The highest BCUT2D eigenvalue weighted by atomic mass is 28.3. The van der Waals surface area contributed by atoms with Gasteiger partial charge in [-0.2, -0.15) is 0 Å². The van der Waals surface area contributed by atoms with Crippen LogP contribution in [0.2, 0.25) is 18.1 Å². The summed E-state index contributed by atoms with van der Waals surface area (Å²) in [5.41, 5.74) is 0.910. The van der Waals surface area contributed by atoms with Gasteiger partial charge in [-0.25, -0.2) is 4.79 Å². The molecule has 0 aliphatic carbocycles. The summed E-state index contributed by atoms with van der Waals surface area (Å²) in [7, 11) is -0.348. The standard InChI is InChI=1S/C19H30N2O2Si/c1-5-13-24(14-6-2,15-7-3)21-18(22)17(20(4)19(21)23)16-11-9-8-10-12-16/h8-12,17H,5-7,13-15H2,1-4H3. The molecule has 1 fully saturated rings. The van der Waals surface area contributed by atoms with Gasteiger partial charge in [-0.1, -0.05) is 70.4 Å². The topological polar surface area (TPSA) is 40.6 Å². The first-order chi connectivity index (χ1) is 11.5. The minimum atomic E-state index is -2.11. The molecule has 0 spiro atoms. The van der Waals surface area contributed by atoms with Crippen molar-refractivity contribution in [1.82, 2.24) is 9.47 Å². The van der Waals surface area contributed by atoms with Crippen LogP contribution in [0.5, 0.6) is 0 Å². The van der Waals surface area contributed by atoms with E-state index in [1.165, 1.54) is 0 Å². The van der Waals surface area contributed by atoms with E-state index in [4.69, 9.17) is 0 Å². The molecule has 1 unspecified atom stereocenters. The Morgan fingerprint density at radius 2 is 1.42 bits per heavy atom. The van der Waals surface area contributed by atoms with Crippen molar-refractivity contribution < 1.29 is 9.59 Å². The Balaban J connectivity index is 2.44. The predicted molar refractivity (Wildman–Crippen MR) is 100 cm³/mol. The van der Waals surface area contributed by atoms with Crippen molar-refractivity contribution in [2.75, 3.05) is 7.05 Å². The fourth-order valence-corrected chi connectivity index (χ4v) is 9.56. The Bertz CT molecular complexity index is 559. The summed E-state index contributed by atoms with van der Waals surface area (Å²) in [5.74, 6) is -0.00397. The van der Waals surface area contributed by atoms with Gasteiger partial charge in [0.2, 0.25) is 5.91 Å². The second kappa shape index (κ2) is 7.97. The Labute approximate surface area is 146 Å². The predicted octanol–water partition coefficient (Wildman–Crippen LogP) is 4.80. The van der Waals surface area contributed by atoms with Crippen LogP contribution >= 0.6 is 0 Å². The number of carbonyl (C=O) groups is 2. The Morgan fingerprint density at radius 3 is 1.88 bits per heavy atom. The van der Waals surface area contributed by atoms with E-state index in [9.17, 15) is 9.59 Å². The number of urea groups is 1. The second-order valence-electron chi connectivity index (χ2n) is 6.85. The van der Waals surface area contributed by atoms with Crippen molar-refractivity contribution in [3.63, 3.8) is 0 Å². The summed E-state index contributed by atoms with van der Waals surface area (Å²) in [5, 5.41) is 0. The van der Waals surface area contributed by atoms with Gasteiger partial charge in [0.25, 0.3) is 0 Å². The van der Waals surface area contributed by atoms with E-state index in [2.05, 4.69) is 20.8 Å². The van der Waals surface area contributed by atoms with Crippen molar-refractivity contribution in [3.05, 3.63) is 35.9 Å². The molecule has 0 bridgehead atoms. The van der Waals surface area contributed by atoms with E-state index in [0.29, 0.717) is 0 Å². The molecule has 1 heterocycles. The largest absolute Gasteiger partial charge is 0.319 e. The van der Waals surface area contributed by atoms with Crippen LogP contribution in [0.4, 0.5) is 4.79 Å². The number of hydrogen-bond donors (Lipinski definition) is 0. The maximum absolute atomic E-state index is 13.3. The molecule has 3 amide bonds. The fourth-order valence-electron chi connectivity index (χ4n) is 4.20. The van der Waals surface area contributed by atoms with Gasteiger partial charge in [-0.05, 0) is 23.7 Å². The molecule has 1 aromatic carbocycles. The minimum absolute atomic E-state index is 0.00397.